The fourth-order valence-electron chi connectivity index (χ4n) is 4.33. The second kappa shape index (κ2) is 7.54. The molecule has 5 heteroatoms. The summed E-state index contributed by atoms with van der Waals surface area (Å²) in [4.78, 5) is 18.4. The Morgan fingerprint density at radius 1 is 1.21 bits per heavy atom. The smallest absolute Gasteiger partial charge is 0.231 e. The van der Waals surface area contributed by atoms with E-state index in [0.29, 0.717) is 24.2 Å². The van der Waals surface area contributed by atoms with Gasteiger partial charge < -0.3 is 10.5 Å². The average molecular weight is 392 g/mol. The first-order valence-electron chi connectivity index (χ1n) is 10.4. The molecule has 0 unspecified atom stereocenters. The highest BCUT2D eigenvalue weighted by atomic mass is 16.5. The summed E-state index contributed by atoms with van der Waals surface area (Å²) in [6.07, 6.45) is 2.45. The molecule has 0 spiro atoms. The normalized spacial score (nSPS) is 26.2. The highest BCUT2D eigenvalue weighted by molar-refractivity contribution is 5.98. The minimum Gasteiger partial charge on any atom is -0.494 e. The lowest BCUT2D eigenvalue weighted by Crippen LogP contribution is -2.49. The SMILES string of the molecule is CCCOc1cccc(-c2cccc([C@@H]3C[C@H]3[C@]3(C)CC(=O)N(C)C(N)=N3)c2)c1. The lowest BCUT2D eigenvalue weighted by molar-refractivity contribution is -0.128. The second-order valence-electron chi connectivity index (χ2n) is 8.41. The van der Waals surface area contributed by atoms with E-state index in [9.17, 15) is 4.79 Å². The van der Waals surface area contributed by atoms with Crippen LogP contribution in [-0.2, 0) is 4.79 Å². The Morgan fingerprint density at radius 3 is 2.66 bits per heavy atom. The van der Waals surface area contributed by atoms with Crippen molar-refractivity contribution in [1.29, 1.82) is 0 Å². The third-order valence-electron chi connectivity index (χ3n) is 6.14. The first-order valence-corrected chi connectivity index (χ1v) is 10.4. The van der Waals surface area contributed by atoms with E-state index in [4.69, 9.17) is 10.5 Å². The largest absolute Gasteiger partial charge is 0.494 e. The molecule has 29 heavy (non-hydrogen) atoms. The van der Waals surface area contributed by atoms with Crippen LogP contribution in [0, 0.1) is 5.92 Å². The van der Waals surface area contributed by atoms with Gasteiger partial charge >= 0.3 is 0 Å². The summed E-state index contributed by atoms with van der Waals surface area (Å²) in [5, 5.41) is 0. The van der Waals surface area contributed by atoms with Gasteiger partial charge in [-0.05, 0) is 60.4 Å². The van der Waals surface area contributed by atoms with Crippen molar-refractivity contribution in [2.24, 2.45) is 16.6 Å². The molecule has 1 heterocycles. The van der Waals surface area contributed by atoms with E-state index in [0.717, 1.165) is 30.8 Å². The highest BCUT2D eigenvalue weighted by Gasteiger charge is 2.53. The molecule has 4 rings (SSSR count). The van der Waals surface area contributed by atoms with Crippen LogP contribution >= 0.6 is 0 Å². The molecule has 1 aliphatic heterocycles. The Hall–Kier alpha value is -2.82. The van der Waals surface area contributed by atoms with E-state index >= 15 is 0 Å². The quantitative estimate of drug-likeness (QED) is 0.803. The van der Waals surface area contributed by atoms with Gasteiger partial charge in [0, 0.05) is 7.05 Å². The van der Waals surface area contributed by atoms with E-state index in [1.54, 1.807) is 7.05 Å². The maximum atomic E-state index is 12.3. The Balaban J connectivity index is 1.55. The molecule has 0 bridgehead atoms. The zero-order valence-corrected chi connectivity index (χ0v) is 17.4. The molecular weight excluding hydrogens is 362 g/mol. The number of hydrogen-bond donors (Lipinski definition) is 1. The summed E-state index contributed by atoms with van der Waals surface area (Å²) < 4.78 is 5.78. The van der Waals surface area contributed by atoms with Crippen molar-refractivity contribution in [3.05, 3.63) is 54.1 Å². The van der Waals surface area contributed by atoms with Crippen LogP contribution in [0.2, 0.25) is 0 Å². The molecule has 2 aromatic rings. The molecule has 1 aliphatic carbocycles. The molecule has 0 saturated heterocycles. The van der Waals surface area contributed by atoms with Gasteiger partial charge in [0.1, 0.15) is 5.75 Å². The summed E-state index contributed by atoms with van der Waals surface area (Å²) in [7, 11) is 1.69. The van der Waals surface area contributed by atoms with Gasteiger partial charge in [0.15, 0.2) is 5.96 Å². The number of ether oxygens (including phenoxy) is 1. The van der Waals surface area contributed by atoms with E-state index in [2.05, 4.69) is 55.2 Å². The molecule has 0 aromatic heterocycles. The Kier molecular flexibility index (Phi) is 5.07. The molecule has 2 N–H and O–H groups in total. The summed E-state index contributed by atoms with van der Waals surface area (Å²) in [6, 6.07) is 16.9. The molecule has 2 aliphatic rings. The number of benzene rings is 2. The Labute approximate surface area is 172 Å². The van der Waals surface area contributed by atoms with Crippen molar-refractivity contribution < 1.29 is 9.53 Å². The Bertz CT molecular complexity index is 955. The zero-order valence-electron chi connectivity index (χ0n) is 17.4. The van der Waals surface area contributed by atoms with Gasteiger partial charge in [-0.3, -0.25) is 9.69 Å². The van der Waals surface area contributed by atoms with Gasteiger partial charge in [0.05, 0.1) is 18.6 Å². The van der Waals surface area contributed by atoms with Gasteiger partial charge in [0.2, 0.25) is 5.91 Å². The van der Waals surface area contributed by atoms with Crippen molar-refractivity contribution in [2.75, 3.05) is 13.7 Å². The molecule has 1 amide bonds. The van der Waals surface area contributed by atoms with Crippen molar-refractivity contribution in [3.63, 3.8) is 0 Å². The summed E-state index contributed by atoms with van der Waals surface area (Å²) in [5.74, 6) is 2.02. The molecule has 152 valence electrons. The first kappa shape index (κ1) is 19.5. The van der Waals surface area contributed by atoms with Crippen LogP contribution in [0.5, 0.6) is 5.75 Å². The van der Waals surface area contributed by atoms with Crippen LogP contribution < -0.4 is 10.5 Å². The van der Waals surface area contributed by atoms with Crippen LogP contribution in [0.3, 0.4) is 0 Å². The van der Waals surface area contributed by atoms with Crippen molar-refractivity contribution in [1.82, 2.24) is 4.90 Å². The minimum absolute atomic E-state index is 0.0447. The van der Waals surface area contributed by atoms with E-state index in [-0.39, 0.29) is 5.91 Å². The third kappa shape index (κ3) is 3.86. The van der Waals surface area contributed by atoms with Gasteiger partial charge in [0.25, 0.3) is 0 Å². The minimum atomic E-state index is -0.414. The topological polar surface area (TPSA) is 67.9 Å². The predicted octanol–water partition coefficient (Wildman–Crippen LogP) is 4.18. The van der Waals surface area contributed by atoms with Crippen molar-refractivity contribution >= 4 is 11.9 Å². The average Bonchev–Trinajstić information content (AvgIpc) is 3.53. The number of carbonyl (C=O) groups is 1. The van der Waals surface area contributed by atoms with Crippen LogP contribution in [0.15, 0.2) is 53.5 Å². The van der Waals surface area contributed by atoms with Gasteiger partial charge in [-0.25, -0.2) is 4.99 Å². The first-order chi connectivity index (χ1) is 13.9. The number of carbonyl (C=O) groups excluding carboxylic acids is 1. The number of amides is 1. The summed E-state index contributed by atoms with van der Waals surface area (Å²) in [6.45, 7) is 4.90. The standard InChI is InChI=1S/C24H29N3O2/c1-4-11-29-19-10-6-8-17(13-19)16-7-5-9-18(12-16)20-14-21(20)24(2)15-22(28)27(3)23(25)26-24/h5-10,12-13,20-21H,4,11,14-15H2,1-3H3,(H2,25,26)/t20-,21+,24-/m0/s1. The van der Waals surface area contributed by atoms with Gasteiger partial charge in [-0.2, -0.15) is 0 Å². The molecule has 1 fully saturated rings. The Morgan fingerprint density at radius 2 is 1.93 bits per heavy atom. The van der Waals surface area contributed by atoms with E-state index in [1.807, 2.05) is 12.1 Å². The fraction of sp³-hybridized carbons (Fsp3) is 0.417. The van der Waals surface area contributed by atoms with Gasteiger partial charge in [-0.15, -0.1) is 0 Å². The molecule has 3 atom stereocenters. The number of rotatable bonds is 6. The molecule has 2 aromatic carbocycles. The maximum Gasteiger partial charge on any atom is 0.231 e. The van der Waals surface area contributed by atoms with Crippen LogP contribution in [0.4, 0.5) is 0 Å². The number of nitrogens with zero attached hydrogens (tertiary/aromatic N) is 2. The number of hydrogen-bond acceptors (Lipinski definition) is 4. The molecule has 1 saturated carbocycles. The van der Waals surface area contributed by atoms with E-state index in [1.165, 1.54) is 16.0 Å². The fourth-order valence-corrected chi connectivity index (χ4v) is 4.33. The molecular formula is C24H29N3O2. The molecule has 5 nitrogen and oxygen atoms in total. The third-order valence-corrected chi connectivity index (χ3v) is 6.14. The number of aliphatic imine (C=N–C) groups is 1. The highest BCUT2D eigenvalue weighted by Crippen LogP contribution is 2.56. The second-order valence-corrected chi connectivity index (χ2v) is 8.41. The monoisotopic (exact) mass is 391 g/mol. The zero-order chi connectivity index (χ0) is 20.6. The molecule has 0 radical (unpaired) electrons. The lowest BCUT2D eigenvalue weighted by Gasteiger charge is -2.33. The maximum absolute atomic E-state index is 12.3. The van der Waals surface area contributed by atoms with Crippen molar-refractivity contribution in [3.8, 4) is 16.9 Å². The van der Waals surface area contributed by atoms with Crippen LogP contribution in [0.1, 0.15) is 44.6 Å². The predicted molar refractivity (Wildman–Crippen MR) is 116 cm³/mol. The lowest BCUT2D eigenvalue weighted by atomic mass is 9.87. The van der Waals surface area contributed by atoms with Crippen LogP contribution in [0.25, 0.3) is 11.1 Å². The van der Waals surface area contributed by atoms with E-state index < -0.39 is 5.54 Å². The summed E-state index contributed by atoms with van der Waals surface area (Å²) in [5.41, 5.74) is 9.21. The van der Waals surface area contributed by atoms with Gasteiger partial charge in [-0.1, -0.05) is 43.3 Å². The number of nitrogens with two attached hydrogens (primary N) is 1. The summed E-state index contributed by atoms with van der Waals surface area (Å²) >= 11 is 0. The number of guanidine groups is 1. The van der Waals surface area contributed by atoms with Crippen LogP contribution in [-0.4, -0.2) is 36.0 Å². The van der Waals surface area contributed by atoms with Crippen molar-refractivity contribution in [2.45, 2.75) is 44.6 Å².